The summed E-state index contributed by atoms with van der Waals surface area (Å²) >= 11 is 12.6. The summed E-state index contributed by atoms with van der Waals surface area (Å²) in [4.78, 5) is 29.8. The summed E-state index contributed by atoms with van der Waals surface area (Å²) in [5.41, 5.74) is 2.39. The van der Waals surface area contributed by atoms with E-state index in [1.54, 1.807) is 67.6 Å². The van der Waals surface area contributed by atoms with Gasteiger partial charge in [-0.25, -0.2) is 8.42 Å². The fraction of sp³-hybridized carbons (Fsp3) is 0.257. The van der Waals surface area contributed by atoms with Gasteiger partial charge in [-0.15, -0.1) is 0 Å². The van der Waals surface area contributed by atoms with Crippen LogP contribution in [0.3, 0.4) is 0 Å². The van der Waals surface area contributed by atoms with Crippen molar-refractivity contribution in [1.82, 2.24) is 10.2 Å². The van der Waals surface area contributed by atoms with Crippen molar-refractivity contribution in [3.8, 4) is 0 Å². The number of nitrogens with one attached hydrogen (secondary N) is 1. The Bertz CT molecular complexity index is 1690. The number of nitrogens with zero attached hydrogens (tertiary/aromatic N) is 2. The Kier molecular flexibility index (Phi) is 12.0. The molecular formula is C35H37Cl2N3O4S. The third-order valence-corrected chi connectivity index (χ3v) is 9.92. The van der Waals surface area contributed by atoms with E-state index in [1.807, 2.05) is 37.3 Å². The van der Waals surface area contributed by atoms with Gasteiger partial charge in [-0.2, -0.15) is 0 Å². The molecule has 0 aromatic heterocycles. The van der Waals surface area contributed by atoms with E-state index in [2.05, 4.69) is 5.32 Å². The van der Waals surface area contributed by atoms with E-state index < -0.39 is 28.5 Å². The average molecular weight is 667 g/mol. The first-order valence-corrected chi connectivity index (χ1v) is 17.0. The number of unbranched alkanes of at least 4 members (excludes halogenated alkanes) is 1. The Balaban J connectivity index is 1.81. The second kappa shape index (κ2) is 15.9. The highest BCUT2D eigenvalue weighted by Crippen LogP contribution is 2.31. The summed E-state index contributed by atoms with van der Waals surface area (Å²) < 4.78 is 29.4. The molecule has 0 saturated carbocycles. The second-order valence-corrected chi connectivity index (χ2v) is 13.4. The van der Waals surface area contributed by atoms with Crippen LogP contribution in [0.15, 0.2) is 108 Å². The molecule has 2 amide bonds. The minimum absolute atomic E-state index is 0.0274. The maximum Gasteiger partial charge on any atom is 0.264 e. The van der Waals surface area contributed by atoms with Gasteiger partial charge in [-0.05, 0) is 66.4 Å². The zero-order valence-electron chi connectivity index (χ0n) is 25.3. The monoisotopic (exact) mass is 665 g/mol. The molecule has 7 nitrogen and oxygen atoms in total. The molecular weight excluding hydrogens is 629 g/mol. The van der Waals surface area contributed by atoms with Crippen molar-refractivity contribution in [2.75, 3.05) is 17.4 Å². The van der Waals surface area contributed by atoms with Gasteiger partial charge in [0.25, 0.3) is 10.0 Å². The van der Waals surface area contributed by atoms with Gasteiger partial charge in [-0.3, -0.25) is 13.9 Å². The van der Waals surface area contributed by atoms with Crippen LogP contribution in [-0.4, -0.2) is 44.3 Å². The van der Waals surface area contributed by atoms with Gasteiger partial charge in [-0.1, -0.05) is 103 Å². The van der Waals surface area contributed by atoms with E-state index in [1.165, 1.54) is 17.0 Å². The lowest BCUT2D eigenvalue weighted by Gasteiger charge is -2.34. The van der Waals surface area contributed by atoms with Gasteiger partial charge in [0.05, 0.1) is 10.6 Å². The van der Waals surface area contributed by atoms with Crippen LogP contribution in [0.5, 0.6) is 0 Å². The molecule has 0 unspecified atom stereocenters. The van der Waals surface area contributed by atoms with Crippen LogP contribution in [0, 0.1) is 6.92 Å². The zero-order valence-corrected chi connectivity index (χ0v) is 27.7. The van der Waals surface area contributed by atoms with E-state index in [0.29, 0.717) is 22.2 Å². The molecule has 0 bridgehead atoms. The number of hydrogen-bond acceptors (Lipinski definition) is 4. The normalized spacial score (nSPS) is 11.9. The topological polar surface area (TPSA) is 86.8 Å². The molecule has 0 aliphatic rings. The maximum atomic E-state index is 14.5. The molecule has 45 heavy (non-hydrogen) atoms. The largest absolute Gasteiger partial charge is 0.354 e. The van der Waals surface area contributed by atoms with E-state index in [4.69, 9.17) is 23.2 Å². The van der Waals surface area contributed by atoms with Gasteiger partial charge in [0, 0.05) is 29.6 Å². The minimum Gasteiger partial charge on any atom is -0.354 e. The van der Waals surface area contributed by atoms with Crippen LogP contribution >= 0.6 is 23.2 Å². The van der Waals surface area contributed by atoms with Crippen molar-refractivity contribution < 1.29 is 18.0 Å². The molecule has 0 spiro atoms. The van der Waals surface area contributed by atoms with E-state index in [0.717, 1.165) is 28.3 Å². The standard InChI is InChI=1S/C35H37Cl2N3O4S/c1-3-4-22-38-35(42)33(23-27-12-7-5-8-13-27)39(24-28-18-20-29(36)21-19-28)34(41)25-40(32-17-11-16-31(37)26(32)2)45(43,44)30-14-9-6-10-15-30/h5-21,33H,3-4,22-25H2,1-2H3,(H,38,42)/t33-/m0/s1. The summed E-state index contributed by atoms with van der Waals surface area (Å²) in [6.45, 7) is 3.70. The van der Waals surface area contributed by atoms with E-state index in [9.17, 15) is 18.0 Å². The van der Waals surface area contributed by atoms with Gasteiger partial charge in [0.15, 0.2) is 0 Å². The highest BCUT2D eigenvalue weighted by atomic mass is 35.5. The lowest BCUT2D eigenvalue weighted by Crippen LogP contribution is -2.53. The Labute approximate surface area is 275 Å². The summed E-state index contributed by atoms with van der Waals surface area (Å²) in [6, 6.07) is 28.4. The second-order valence-electron chi connectivity index (χ2n) is 10.7. The molecule has 236 valence electrons. The van der Waals surface area contributed by atoms with E-state index in [-0.39, 0.29) is 29.5 Å². The van der Waals surface area contributed by atoms with Gasteiger partial charge < -0.3 is 10.2 Å². The average Bonchev–Trinajstić information content (AvgIpc) is 3.04. The highest BCUT2D eigenvalue weighted by molar-refractivity contribution is 7.92. The van der Waals surface area contributed by atoms with Crippen LogP contribution < -0.4 is 9.62 Å². The lowest BCUT2D eigenvalue weighted by atomic mass is 10.0. The smallest absolute Gasteiger partial charge is 0.264 e. The molecule has 1 atom stereocenters. The van der Waals surface area contributed by atoms with Crippen LogP contribution in [0.4, 0.5) is 5.69 Å². The first-order valence-electron chi connectivity index (χ1n) is 14.8. The van der Waals surface area contributed by atoms with Crippen molar-refractivity contribution in [3.05, 3.63) is 130 Å². The fourth-order valence-corrected chi connectivity index (χ4v) is 6.73. The fourth-order valence-electron chi connectivity index (χ4n) is 4.95. The number of anilines is 1. The number of halogens is 2. The van der Waals surface area contributed by atoms with Crippen molar-refractivity contribution in [2.45, 2.75) is 50.6 Å². The minimum atomic E-state index is -4.21. The van der Waals surface area contributed by atoms with Crippen molar-refractivity contribution in [3.63, 3.8) is 0 Å². The molecule has 4 rings (SSSR count). The number of benzene rings is 4. The Hall–Kier alpha value is -3.85. The molecule has 4 aromatic carbocycles. The van der Waals surface area contributed by atoms with Crippen molar-refractivity contribution >= 4 is 50.7 Å². The molecule has 10 heteroatoms. The highest BCUT2D eigenvalue weighted by Gasteiger charge is 2.35. The van der Waals surface area contributed by atoms with E-state index >= 15 is 0 Å². The maximum absolute atomic E-state index is 14.5. The van der Waals surface area contributed by atoms with Crippen LogP contribution in [0.2, 0.25) is 10.0 Å². The quantitative estimate of drug-likeness (QED) is 0.146. The third-order valence-electron chi connectivity index (χ3n) is 7.48. The third kappa shape index (κ3) is 8.87. The van der Waals surface area contributed by atoms with Crippen LogP contribution in [0.1, 0.15) is 36.5 Å². The number of carbonyl (C=O) groups excluding carboxylic acids is 2. The molecule has 0 aliphatic heterocycles. The number of carbonyl (C=O) groups is 2. The molecule has 0 fully saturated rings. The molecule has 4 aromatic rings. The van der Waals surface area contributed by atoms with Crippen LogP contribution in [0.25, 0.3) is 0 Å². The lowest BCUT2D eigenvalue weighted by molar-refractivity contribution is -0.140. The predicted octanol–water partition coefficient (Wildman–Crippen LogP) is 7.05. The predicted molar refractivity (Wildman–Crippen MR) is 181 cm³/mol. The SMILES string of the molecule is CCCCNC(=O)[C@H](Cc1ccccc1)N(Cc1ccc(Cl)cc1)C(=O)CN(c1cccc(Cl)c1C)S(=O)(=O)c1ccccc1. The van der Waals surface area contributed by atoms with Crippen molar-refractivity contribution in [2.24, 2.45) is 0 Å². The summed E-state index contributed by atoms with van der Waals surface area (Å²) in [7, 11) is -4.21. The van der Waals surface area contributed by atoms with Crippen molar-refractivity contribution in [1.29, 1.82) is 0 Å². The first kappa shape index (κ1) is 34.0. The molecule has 0 aliphatic carbocycles. The Morgan fingerprint density at radius 1 is 0.822 bits per heavy atom. The Morgan fingerprint density at radius 3 is 2.11 bits per heavy atom. The van der Waals surface area contributed by atoms with Gasteiger partial charge in [0.2, 0.25) is 11.8 Å². The number of hydrogen-bond donors (Lipinski definition) is 1. The first-order chi connectivity index (χ1) is 21.6. The number of rotatable bonds is 14. The summed E-state index contributed by atoms with van der Waals surface area (Å²) in [5.74, 6) is -0.860. The molecule has 0 heterocycles. The number of sulfonamides is 1. The Morgan fingerprint density at radius 2 is 1.47 bits per heavy atom. The summed E-state index contributed by atoms with van der Waals surface area (Å²) in [6.07, 6.45) is 1.91. The summed E-state index contributed by atoms with van der Waals surface area (Å²) in [5, 5.41) is 3.89. The molecule has 0 radical (unpaired) electrons. The van der Waals surface area contributed by atoms with Crippen LogP contribution in [-0.2, 0) is 32.6 Å². The number of amides is 2. The van der Waals surface area contributed by atoms with Gasteiger partial charge >= 0.3 is 0 Å². The van der Waals surface area contributed by atoms with Gasteiger partial charge in [0.1, 0.15) is 12.6 Å². The molecule has 0 saturated heterocycles. The zero-order chi connectivity index (χ0) is 32.4. The molecule has 1 N–H and O–H groups in total.